The Kier molecular flexibility index (Phi) is 2.76. The van der Waals surface area contributed by atoms with Gasteiger partial charge in [-0.1, -0.05) is 19.9 Å². The highest BCUT2D eigenvalue weighted by Gasteiger charge is 2.15. The van der Waals surface area contributed by atoms with Gasteiger partial charge in [0.2, 0.25) is 0 Å². The Labute approximate surface area is 90.7 Å². The minimum absolute atomic E-state index is 0.275. The normalized spacial score (nSPS) is 15.8. The van der Waals surface area contributed by atoms with Crippen LogP contribution in [0.25, 0.3) is 0 Å². The number of fused-ring (bicyclic) bond motifs is 1. The van der Waals surface area contributed by atoms with Gasteiger partial charge in [0.15, 0.2) is 5.78 Å². The molecule has 1 aromatic carbocycles. The molecule has 2 heteroatoms. The summed E-state index contributed by atoms with van der Waals surface area (Å²) in [7, 11) is 0. The molecule has 0 radical (unpaired) electrons. The molecular formula is C13H17NO. The van der Waals surface area contributed by atoms with Crippen LogP contribution in [0.5, 0.6) is 0 Å². The van der Waals surface area contributed by atoms with E-state index in [2.05, 4.69) is 25.2 Å². The van der Waals surface area contributed by atoms with Crippen LogP contribution in [-0.4, -0.2) is 12.3 Å². The van der Waals surface area contributed by atoms with Gasteiger partial charge in [0, 0.05) is 24.2 Å². The van der Waals surface area contributed by atoms with Crippen molar-refractivity contribution in [2.75, 3.05) is 11.9 Å². The van der Waals surface area contributed by atoms with Gasteiger partial charge in [-0.25, -0.2) is 0 Å². The lowest BCUT2D eigenvalue weighted by Crippen LogP contribution is -2.02. The Bertz CT molecular complexity index is 382. The van der Waals surface area contributed by atoms with E-state index in [0.717, 1.165) is 24.2 Å². The lowest BCUT2D eigenvalue weighted by Gasteiger charge is -2.11. The number of anilines is 1. The van der Waals surface area contributed by atoms with Gasteiger partial charge in [-0.3, -0.25) is 4.79 Å². The number of ketones is 1. The second kappa shape index (κ2) is 4.05. The SMILES string of the molecule is CC(C)c1ccc2c(c1)C(=O)CCCN2. The van der Waals surface area contributed by atoms with Crippen LogP contribution in [0.15, 0.2) is 18.2 Å². The van der Waals surface area contributed by atoms with Crippen LogP contribution in [0.1, 0.15) is 48.5 Å². The highest BCUT2D eigenvalue weighted by atomic mass is 16.1. The number of carbonyl (C=O) groups excluding carboxylic acids is 1. The van der Waals surface area contributed by atoms with Crippen LogP contribution in [-0.2, 0) is 0 Å². The first kappa shape index (κ1) is 10.2. The molecule has 2 nitrogen and oxygen atoms in total. The third kappa shape index (κ3) is 2.04. The topological polar surface area (TPSA) is 29.1 Å². The second-order valence-corrected chi connectivity index (χ2v) is 4.41. The summed E-state index contributed by atoms with van der Waals surface area (Å²) in [6.07, 6.45) is 1.60. The van der Waals surface area contributed by atoms with Gasteiger partial charge >= 0.3 is 0 Å². The second-order valence-electron chi connectivity index (χ2n) is 4.41. The molecule has 0 bridgehead atoms. The molecule has 0 spiro atoms. The van der Waals surface area contributed by atoms with Crippen molar-refractivity contribution >= 4 is 11.5 Å². The third-order valence-corrected chi connectivity index (χ3v) is 2.91. The molecule has 1 aromatic rings. The van der Waals surface area contributed by atoms with Gasteiger partial charge in [0.25, 0.3) is 0 Å². The van der Waals surface area contributed by atoms with E-state index in [-0.39, 0.29) is 5.78 Å². The fraction of sp³-hybridized carbons (Fsp3) is 0.462. The van der Waals surface area contributed by atoms with E-state index in [4.69, 9.17) is 0 Å². The largest absolute Gasteiger partial charge is 0.384 e. The van der Waals surface area contributed by atoms with E-state index in [1.807, 2.05) is 12.1 Å². The van der Waals surface area contributed by atoms with Crippen LogP contribution in [0.2, 0.25) is 0 Å². The zero-order valence-corrected chi connectivity index (χ0v) is 9.34. The highest BCUT2D eigenvalue weighted by Crippen LogP contribution is 2.25. The molecule has 15 heavy (non-hydrogen) atoms. The summed E-state index contributed by atoms with van der Waals surface area (Å²) in [5, 5.41) is 3.30. The number of nitrogens with one attached hydrogen (secondary N) is 1. The molecule has 0 fully saturated rings. The number of hydrogen-bond donors (Lipinski definition) is 1. The summed E-state index contributed by atoms with van der Waals surface area (Å²) in [5.41, 5.74) is 3.12. The van der Waals surface area contributed by atoms with E-state index in [9.17, 15) is 4.79 Å². The van der Waals surface area contributed by atoms with Crippen molar-refractivity contribution in [3.05, 3.63) is 29.3 Å². The first-order valence-corrected chi connectivity index (χ1v) is 5.59. The molecule has 1 aliphatic rings. The minimum Gasteiger partial charge on any atom is -0.384 e. The standard InChI is InChI=1S/C13H17NO/c1-9(2)10-5-6-12-11(8-10)13(15)4-3-7-14-12/h5-6,8-9,14H,3-4,7H2,1-2H3. The maximum absolute atomic E-state index is 11.8. The maximum Gasteiger partial charge on any atom is 0.165 e. The lowest BCUT2D eigenvalue weighted by atomic mass is 9.97. The average molecular weight is 203 g/mol. The third-order valence-electron chi connectivity index (χ3n) is 2.91. The van der Waals surface area contributed by atoms with Crippen molar-refractivity contribution in [3.63, 3.8) is 0 Å². The number of Topliss-reactive ketones (excluding diaryl/α,β-unsaturated/α-hetero) is 1. The summed E-state index contributed by atoms with van der Waals surface area (Å²) in [6.45, 7) is 5.20. The van der Waals surface area contributed by atoms with Crippen molar-refractivity contribution < 1.29 is 4.79 Å². The molecule has 0 atom stereocenters. The van der Waals surface area contributed by atoms with Gasteiger partial charge < -0.3 is 5.32 Å². The van der Waals surface area contributed by atoms with Crippen LogP contribution >= 0.6 is 0 Å². The molecule has 80 valence electrons. The first-order chi connectivity index (χ1) is 7.18. The Hall–Kier alpha value is -1.31. The monoisotopic (exact) mass is 203 g/mol. The fourth-order valence-corrected chi connectivity index (χ4v) is 1.91. The zero-order valence-electron chi connectivity index (χ0n) is 9.34. The van der Waals surface area contributed by atoms with Gasteiger partial charge in [-0.2, -0.15) is 0 Å². The summed E-state index contributed by atoms with van der Waals surface area (Å²) < 4.78 is 0. The molecule has 1 N–H and O–H groups in total. The molecular weight excluding hydrogens is 186 g/mol. The molecule has 0 saturated heterocycles. The molecule has 0 aliphatic carbocycles. The average Bonchev–Trinajstić information content (AvgIpc) is 2.40. The van der Waals surface area contributed by atoms with Crippen molar-refractivity contribution in [3.8, 4) is 0 Å². The summed E-state index contributed by atoms with van der Waals surface area (Å²) >= 11 is 0. The predicted molar refractivity (Wildman–Crippen MR) is 62.6 cm³/mol. The van der Waals surface area contributed by atoms with Crippen LogP contribution in [0.3, 0.4) is 0 Å². The number of carbonyl (C=O) groups is 1. The number of hydrogen-bond acceptors (Lipinski definition) is 2. The number of benzene rings is 1. The molecule has 0 amide bonds. The van der Waals surface area contributed by atoms with E-state index >= 15 is 0 Å². The van der Waals surface area contributed by atoms with E-state index in [1.165, 1.54) is 5.56 Å². The van der Waals surface area contributed by atoms with Crippen LogP contribution in [0, 0.1) is 0 Å². The van der Waals surface area contributed by atoms with E-state index < -0.39 is 0 Å². The van der Waals surface area contributed by atoms with Gasteiger partial charge in [-0.15, -0.1) is 0 Å². The Morgan fingerprint density at radius 2 is 2.13 bits per heavy atom. The molecule has 2 rings (SSSR count). The Morgan fingerprint density at radius 1 is 1.33 bits per heavy atom. The van der Waals surface area contributed by atoms with Crippen molar-refractivity contribution in [2.24, 2.45) is 0 Å². The van der Waals surface area contributed by atoms with Crippen molar-refractivity contribution in [2.45, 2.75) is 32.6 Å². The Morgan fingerprint density at radius 3 is 2.87 bits per heavy atom. The molecule has 0 saturated carbocycles. The van der Waals surface area contributed by atoms with Gasteiger partial charge in [0.1, 0.15) is 0 Å². The summed E-state index contributed by atoms with van der Waals surface area (Å²) in [4.78, 5) is 11.8. The fourth-order valence-electron chi connectivity index (χ4n) is 1.91. The summed E-state index contributed by atoms with van der Waals surface area (Å²) in [6, 6.07) is 6.18. The molecule has 1 heterocycles. The predicted octanol–water partition coefficient (Wildman–Crippen LogP) is 3.20. The van der Waals surface area contributed by atoms with Crippen molar-refractivity contribution in [1.29, 1.82) is 0 Å². The van der Waals surface area contributed by atoms with Gasteiger partial charge in [-0.05, 0) is 30.0 Å². The smallest absolute Gasteiger partial charge is 0.165 e. The Balaban J connectivity index is 2.44. The zero-order chi connectivity index (χ0) is 10.8. The van der Waals surface area contributed by atoms with Gasteiger partial charge in [0.05, 0.1) is 0 Å². The van der Waals surface area contributed by atoms with E-state index in [1.54, 1.807) is 0 Å². The molecule has 0 aromatic heterocycles. The first-order valence-electron chi connectivity index (χ1n) is 5.59. The highest BCUT2D eigenvalue weighted by molar-refractivity contribution is 6.01. The summed E-state index contributed by atoms with van der Waals surface area (Å²) in [5.74, 6) is 0.754. The van der Waals surface area contributed by atoms with Crippen molar-refractivity contribution in [1.82, 2.24) is 0 Å². The lowest BCUT2D eigenvalue weighted by molar-refractivity contribution is 0.0983. The molecule has 1 aliphatic heterocycles. The molecule has 0 unspecified atom stereocenters. The maximum atomic E-state index is 11.8. The van der Waals surface area contributed by atoms with E-state index in [0.29, 0.717) is 12.3 Å². The minimum atomic E-state index is 0.275. The quantitative estimate of drug-likeness (QED) is 0.759. The van der Waals surface area contributed by atoms with Crippen LogP contribution in [0.4, 0.5) is 5.69 Å². The van der Waals surface area contributed by atoms with Crippen LogP contribution < -0.4 is 5.32 Å². The number of rotatable bonds is 1.